The number of hydrogen-bond acceptors (Lipinski definition) is 2. The summed E-state index contributed by atoms with van der Waals surface area (Å²) < 4.78 is 0. The molecule has 0 radical (unpaired) electrons. The lowest BCUT2D eigenvalue weighted by molar-refractivity contribution is 0.286. The van der Waals surface area contributed by atoms with E-state index in [-0.39, 0.29) is 6.61 Å². The van der Waals surface area contributed by atoms with E-state index in [1.54, 1.807) is 0 Å². The predicted octanol–water partition coefficient (Wildman–Crippen LogP) is 1.08. The Morgan fingerprint density at radius 3 is 2.43 bits per heavy atom. The van der Waals surface area contributed by atoms with Gasteiger partial charge in [0.1, 0.15) is 0 Å². The Kier molecular flexibility index (Phi) is 4.67. The zero-order valence-electron chi connectivity index (χ0n) is 4.59. The highest BCUT2D eigenvalue weighted by atomic mass is 32.1. The second-order valence-electron chi connectivity index (χ2n) is 1.57. The molecule has 0 fully saturated rings. The van der Waals surface area contributed by atoms with Gasteiger partial charge < -0.3 is 5.11 Å². The molecule has 1 nitrogen and oxygen atoms in total. The molecule has 0 bridgehead atoms. The molecule has 0 aliphatic carbocycles. The van der Waals surface area contributed by atoms with E-state index in [0.717, 1.165) is 12.8 Å². The molecule has 0 amide bonds. The average Bonchev–Trinajstić information content (AvgIpc) is 1.68. The molecule has 2 heteroatoms. The van der Waals surface area contributed by atoms with E-state index in [0.29, 0.717) is 5.25 Å². The van der Waals surface area contributed by atoms with E-state index >= 15 is 0 Å². The molecule has 0 aromatic carbocycles. The summed E-state index contributed by atoms with van der Waals surface area (Å²) in [6, 6.07) is 0. The normalized spacial score (nSPS) is 14.1. The lowest BCUT2D eigenvalue weighted by Crippen LogP contribution is -1.98. The van der Waals surface area contributed by atoms with Gasteiger partial charge in [0.15, 0.2) is 0 Å². The van der Waals surface area contributed by atoms with Gasteiger partial charge in [-0.15, -0.1) is 0 Å². The number of rotatable bonds is 3. The first-order valence-electron chi connectivity index (χ1n) is 2.60. The van der Waals surface area contributed by atoms with Crippen LogP contribution < -0.4 is 0 Å². The summed E-state index contributed by atoms with van der Waals surface area (Å²) in [7, 11) is 0. The molecule has 0 heterocycles. The maximum absolute atomic E-state index is 8.32. The molecular weight excluding hydrogens is 108 g/mol. The van der Waals surface area contributed by atoms with Crippen LogP contribution in [0.4, 0.5) is 0 Å². The Balaban J connectivity index is 2.83. The smallest absolute Gasteiger partial charge is 0.0441 e. The summed E-state index contributed by atoms with van der Waals surface area (Å²) in [6.45, 7) is 2.33. The van der Waals surface area contributed by atoms with E-state index in [4.69, 9.17) is 5.11 Å². The summed E-state index contributed by atoms with van der Waals surface area (Å²) >= 11 is 4.15. The minimum atomic E-state index is 0.266. The maximum Gasteiger partial charge on any atom is 0.0441 e. The molecule has 7 heavy (non-hydrogen) atoms. The average molecular weight is 120 g/mol. The highest BCUT2D eigenvalue weighted by Gasteiger charge is 1.94. The van der Waals surface area contributed by atoms with Crippen molar-refractivity contribution in [3.63, 3.8) is 0 Å². The Labute approximate surface area is 50.1 Å². The van der Waals surface area contributed by atoms with Crippen LogP contribution in [0.3, 0.4) is 0 Å². The third-order valence-electron chi connectivity index (χ3n) is 0.934. The number of aliphatic hydroxyl groups excluding tert-OH is 1. The van der Waals surface area contributed by atoms with Crippen molar-refractivity contribution in [2.45, 2.75) is 25.0 Å². The molecule has 0 saturated carbocycles. The fourth-order valence-electron chi connectivity index (χ4n) is 0.353. The molecule has 0 aromatic rings. The van der Waals surface area contributed by atoms with E-state index in [9.17, 15) is 0 Å². The molecular formula is C5H12OS. The van der Waals surface area contributed by atoms with Crippen LogP contribution in [-0.2, 0) is 0 Å². The topological polar surface area (TPSA) is 20.2 Å². The first kappa shape index (κ1) is 7.31. The van der Waals surface area contributed by atoms with Crippen molar-refractivity contribution in [2.24, 2.45) is 0 Å². The van der Waals surface area contributed by atoms with Crippen molar-refractivity contribution in [2.75, 3.05) is 6.61 Å². The molecule has 0 aliphatic rings. The fourth-order valence-corrected chi connectivity index (χ4v) is 0.469. The van der Waals surface area contributed by atoms with Crippen molar-refractivity contribution < 1.29 is 5.11 Å². The second kappa shape index (κ2) is 4.47. The van der Waals surface area contributed by atoms with Crippen molar-refractivity contribution in [3.8, 4) is 0 Å². The molecule has 0 aliphatic heterocycles. The second-order valence-corrected chi connectivity index (χ2v) is 2.30. The number of hydrogen-bond donors (Lipinski definition) is 2. The van der Waals surface area contributed by atoms with E-state index < -0.39 is 0 Å². The zero-order chi connectivity index (χ0) is 5.70. The minimum absolute atomic E-state index is 0.266. The highest BCUT2D eigenvalue weighted by molar-refractivity contribution is 7.80. The summed E-state index contributed by atoms with van der Waals surface area (Å²) in [5, 5.41) is 8.71. The quantitative estimate of drug-likeness (QED) is 0.534. The van der Waals surface area contributed by atoms with Crippen LogP contribution >= 0.6 is 12.6 Å². The van der Waals surface area contributed by atoms with E-state index in [1.807, 2.05) is 0 Å². The number of aliphatic hydroxyl groups is 1. The van der Waals surface area contributed by atoms with Gasteiger partial charge in [0, 0.05) is 11.9 Å². The van der Waals surface area contributed by atoms with Crippen molar-refractivity contribution in [3.05, 3.63) is 0 Å². The molecule has 0 rings (SSSR count). The Morgan fingerprint density at radius 1 is 1.71 bits per heavy atom. The van der Waals surface area contributed by atoms with Gasteiger partial charge in [-0.05, 0) is 12.8 Å². The fraction of sp³-hybridized carbons (Fsp3) is 1.00. The third kappa shape index (κ3) is 4.16. The van der Waals surface area contributed by atoms with Gasteiger partial charge in [0.25, 0.3) is 0 Å². The van der Waals surface area contributed by atoms with Gasteiger partial charge in [0.2, 0.25) is 0 Å². The lowest BCUT2D eigenvalue weighted by Gasteiger charge is -2.01. The SMILES string of the molecule is CC[C@@H](S)CCO. The van der Waals surface area contributed by atoms with Gasteiger partial charge in [-0.2, -0.15) is 12.6 Å². The summed E-state index contributed by atoms with van der Waals surface area (Å²) in [6.07, 6.45) is 1.86. The summed E-state index contributed by atoms with van der Waals surface area (Å²) in [5.74, 6) is 0. The first-order chi connectivity index (χ1) is 3.31. The molecule has 44 valence electrons. The molecule has 0 aromatic heterocycles. The standard InChI is InChI=1S/C5H12OS/c1-2-5(7)3-4-6/h5-7H,2-4H2,1H3/t5-/m1/s1. The van der Waals surface area contributed by atoms with Crippen LogP contribution in [0.2, 0.25) is 0 Å². The third-order valence-corrected chi connectivity index (χ3v) is 1.56. The van der Waals surface area contributed by atoms with Crippen LogP contribution in [0.1, 0.15) is 19.8 Å². The van der Waals surface area contributed by atoms with E-state index in [2.05, 4.69) is 19.6 Å². The predicted molar refractivity (Wildman–Crippen MR) is 34.8 cm³/mol. The van der Waals surface area contributed by atoms with Gasteiger partial charge >= 0.3 is 0 Å². The van der Waals surface area contributed by atoms with Crippen molar-refractivity contribution >= 4 is 12.6 Å². The first-order valence-corrected chi connectivity index (χ1v) is 3.11. The summed E-state index contributed by atoms with van der Waals surface area (Å²) in [5.41, 5.74) is 0. The minimum Gasteiger partial charge on any atom is -0.396 e. The van der Waals surface area contributed by atoms with Crippen LogP contribution in [0.25, 0.3) is 0 Å². The van der Waals surface area contributed by atoms with Gasteiger partial charge in [-0.3, -0.25) is 0 Å². The molecule has 0 spiro atoms. The lowest BCUT2D eigenvalue weighted by atomic mass is 10.2. The Hall–Kier alpha value is 0.310. The van der Waals surface area contributed by atoms with Gasteiger partial charge in [-0.1, -0.05) is 6.92 Å². The van der Waals surface area contributed by atoms with Gasteiger partial charge in [-0.25, -0.2) is 0 Å². The Morgan fingerprint density at radius 2 is 2.29 bits per heavy atom. The van der Waals surface area contributed by atoms with Crippen LogP contribution in [0, 0.1) is 0 Å². The van der Waals surface area contributed by atoms with E-state index in [1.165, 1.54) is 0 Å². The highest BCUT2D eigenvalue weighted by Crippen LogP contribution is 2.03. The zero-order valence-corrected chi connectivity index (χ0v) is 5.49. The largest absolute Gasteiger partial charge is 0.396 e. The molecule has 0 saturated heterocycles. The number of thiol groups is 1. The monoisotopic (exact) mass is 120 g/mol. The van der Waals surface area contributed by atoms with Crippen molar-refractivity contribution in [1.82, 2.24) is 0 Å². The Bertz CT molecular complexity index is 39.1. The van der Waals surface area contributed by atoms with Crippen LogP contribution in [0.5, 0.6) is 0 Å². The maximum atomic E-state index is 8.32. The molecule has 1 N–H and O–H groups in total. The van der Waals surface area contributed by atoms with Crippen molar-refractivity contribution in [1.29, 1.82) is 0 Å². The van der Waals surface area contributed by atoms with Crippen LogP contribution in [0.15, 0.2) is 0 Å². The molecule has 1 atom stereocenters. The van der Waals surface area contributed by atoms with Gasteiger partial charge in [0.05, 0.1) is 0 Å². The summed E-state index contributed by atoms with van der Waals surface area (Å²) in [4.78, 5) is 0. The van der Waals surface area contributed by atoms with Crippen LogP contribution in [-0.4, -0.2) is 17.0 Å². The molecule has 0 unspecified atom stereocenters.